The molecule has 0 saturated carbocycles. The van der Waals surface area contributed by atoms with Crippen LogP contribution in [0.5, 0.6) is 0 Å². The summed E-state index contributed by atoms with van der Waals surface area (Å²) in [5.41, 5.74) is 0.102. The van der Waals surface area contributed by atoms with E-state index in [1.54, 1.807) is 12.1 Å². The summed E-state index contributed by atoms with van der Waals surface area (Å²) in [6.45, 7) is 4.04. The van der Waals surface area contributed by atoms with E-state index in [-0.39, 0.29) is 35.7 Å². The molecule has 0 radical (unpaired) electrons. The second-order valence-electron chi connectivity index (χ2n) is 8.40. The first-order valence-corrected chi connectivity index (χ1v) is 10.8. The summed E-state index contributed by atoms with van der Waals surface area (Å²) >= 11 is 0. The van der Waals surface area contributed by atoms with Crippen LogP contribution in [0.2, 0.25) is 0 Å². The van der Waals surface area contributed by atoms with Crippen LogP contribution in [-0.2, 0) is 4.74 Å². The lowest BCUT2D eigenvalue weighted by atomic mass is 9.93. The van der Waals surface area contributed by atoms with Crippen molar-refractivity contribution < 1.29 is 18.7 Å². The van der Waals surface area contributed by atoms with E-state index < -0.39 is 5.82 Å². The monoisotopic (exact) mass is 403 g/mol. The predicted octanol–water partition coefficient (Wildman–Crippen LogP) is 3.17. The smallest absolute Gasteiger partial charge is 0.410 e. The Morgan fingerprint density at radius 2 is 1.86 bits per heavy atom. The van der Waals surface area contributed by atoms with E-state index in [4.69, 9.17) is 4.74 Å². The zero-order valence-corrected chi connectivity index (χ0v) is 17.0. The number of fused-ring (bicyclic) bond motifs is 2. The second kappa shape index (κ2) is 8.69. The van der Waals surface area contributed by atoms with E-state index in [9.17, 15) is 14.0 Å². The highest BCUT2D eigenvalue weighted by molar-refractivity contribution is 5.94. The van der Waals surface area contributed by atoms with Gasteiger partial charge in [-0.05, 0) is 64.1 Å². The number of likely N-dealkylation sites (tertiary alicyclic amines) is 1. The first-order chi connectivity index (χ1) is 14.1. The van der Waals surface area contributed by atoms with Gasteiger partial charge in [-0.2, -0.15) is 0 Å². The van der Waals surface area contributed by atoms with Crippen LogP contribution in [0, 0.1) is 5.82 Å². The summed E-state index contributed by atoms with van der Waals surface area (Å²) in [5.74, 6) is -0.826. The van der Waals surface area contributed by atoms with Crippen LogP contribution < -0.4 is 5.32 Å². The van der Waals surface area contributed by atoms with Crippen molar-refractivity contribution in [3.8, 4) is 0 Å². The van der Waals surface area contributed by atoms with Crippen molar-refractivity contribution in [3.05, 3.63) is 35.6 Å². The molecule has 1 N–H and O–H groups in total. The van der Waals surface area contributed by atoms with Gasteiger partial charge in [0.1, 0.15) is 5.82 Å². The number of carbonyl (C=O) groups is 2. The van der Waals surface area contributed by atoms with Gasteiger partial charge in [0.25, 0.3) is 5.91 Å². The molecule has 2 bridgehead atoms. The molecular formula is C22H30FN3O3. The number of hydrogen-bond acceptors (Lipinski definition) is 4. The Balaban J connectivity index is 1.35. The molecule has 3 unspecified atom stereocenters. The Labute approximate surface area is 171 Å². The quantitative estimate of drug-likeness (QED) is 0.839. The normalized spacial score (nSPS) is 29.5. The average Bonchev–Trinajstić information content (AvgIpc) is 2.98. The van der Waals surface area contributed by atoms with Crippen molar-refractivity contribution in [1.29, 1.82) is 0 Å². The standard InChI is InChI=1S/C22H30FN3O3/c1-2-29-22(28)26-16-9-10-17(26)13-18(12-16)25-11-5-6-15(14-25)24-21(27)19-7-3-4-8-20(19)23/h3-4,7-8,15-18H,2,5-6,9-14H2,1H3,(H,24,27). The molecule has 0 aromatic heterocycles. The molecule has 7 heteroatoms. The average molecular weight is 403 g/mol. The van der Waals surface area contributed by atoms with Gasteiger partial charge in [0.2, 0.25) is 0 Å². The van der Waals surface area contributed by atoms with Crippen LogP contribution in [0.15, 0.2) is 24.3 Å². The number of benzene rings is 1. The third kappa shape index (κ3) is 4.25. The molecule has 1 aromatic rings. The number of rotatable bonds is 4. The van der Waals surface area contributed by atoms with E-state index in [0.29, 0.717) is 12.6 Å². The lowest BCUT2D eigenvalue weighted by Crippen LogP contribution is -2.56. The molecule has 3 atom stereocenters. The number of ether oxygens (including phenoxy) is 1. The van der Waals surface area contributed by atoms with Crippen LogP contribution >= 0.6 is 0 Å². The fourth-order valence-electron chi connectivity index (χ4n) is 5.31. The Morgan fingerprint density at radius 1 is 1.14 bits per heavy atom. The van der Waals surface area contributed by atoms with Gasteiger partial charge < -0.3 is 15.0 Å². The Morgan fingerprint density at radius 3 is 2.55 bits per heavy atom. The summed E-state index contributed by atoms with van der Waals surface area (Å²) in [5, 5.41) is 3.02. The fraction of sp³-hybridized carbons (Fsp3) is 0.636. The number of hydrogen-bond donors (Lipinski definition) is 1. The summed E-state index contributed by atoms with van der Waals surface area (Å²) < 4.78 is 19.1. The molecule has 2 amide bonds. The summed E-state index contributed by atoms with van der Waals surface area (Å²) in [6.07, 6.45) is 5.75. The van der Waals surface area contributed by atoms with Gasteiger partial charge in [0.15, 0.2) is 0 Å². The Kier molecular flexibility index (Phi) is 6.04. The van der Waals surface area contributed by atoms with Crippen molar-refractivity contribution in [1.82, 2.24) is 15.1 Å². The molecule has 1 aromatic carbocycles. The first-order valence-electron chi connectivity index (χ1n) is 10.8. The summed E-state index contributed by atoms with van der Waals surface area (Å²) in [7, 11) is 0. The first kappa shape index (κ1) is 20.1. The van der Waals surface area contributed by atoms with E-state index in [1.807, 2.05) is 11.8 Å². The van der Waals surface area contributed by atoms with Crippen molar-refractivity contribution in [2.24, 2.45) is 0 Å². The lowest BCUT2D eigenvalue weighted by molar-refractivity contribution is 0.0309. The molecule has 3 aliphatic heterocycles. The maximum absolute atomic E-state index is 13.9. The minimum Gasteiger partial charge on any atom is -0.450 e. The minimum atomic E-state index is -0.486. The van der Waals surface area contributed by atoms with Gasteiger partial charge in [-0.3, -0.25) is 9.69 Å². The Hall–Kier alpha value is -2.15. The van der Waals surface area contributed by atoms with Crippen LogP contribution in [0.3, 0.4) is 0 Å². The maximum atomic E-state index is 13.9. The molecule has 4 rings (SSSR count). The van der Waals surface area contributed by atoms with E-state index in [2.05, 4.69) is 10.2 Å². The molecular weight excluding hydrogens is 373 g/mol. The molecule has 6 nitrogen and oxygen atoms in total. The summed E-state index contributed by atoms with van der Waals surface area (Å²) in [6, 6.07) is 7.06. The second-order valence-corrected chi connectivity index (χ2v) is 8.40. The highest BCUT2D eigenvalue weighted by atomic mass is 19.1. The van der Waals surface area contributed by atoms with Crippen molar-refractivity contribution in [2.75, 3.05) is 19.7 Å². The van der Waals surface area contributed by atoms with Crippen LogP contribution in [0.1, 0.15) is 55.8 Å². The number of nitrogens with zero attached hydrogens (tertiary/aromatic N) is 2. The van der Waals surface area contributed by atoms with Crippen molar-refractivity contribution in [3.63, 3.8) is 0 Å². The zero-order chi connectivity index (χ0) is 20.4. The largest absolute Gasteiger partial charge is 0.450 e. The molecule has 3 fully saturated rings. The number of halogens is 1. The molecule has 158 valence electrons. The molecule has 3 heterocycles. The molecule has 29 heavy (non-hydrogen) atoms. The van der Waals surface area contributed by atoms with Gasteiger partial charge in [0.05, 0.1) is 12.2 Å². The highest BCUT2D eigenvalue weighted by Crippen LogP contribution is 2.38. The molecule has 0 spiro atoms. The van der Waals surface area contributed by atoms with E-state index >= 15 is 0 Å². The van der Waals surface area contributed by atoms with Crippen molar-refractivity contribution in [2.45, 2.75) is 69.6 Å². The van der Waals surface area contributed by atoms with Gasteiger partial charge in [0, 0.05) is 30.7 Å². The number of carbonyl (C=O) groups excluding carboxylic acids is 2. The molecule has 0 aliphatic carbocycles. The van der Waals surface area contributed by atoms with E-state index in [1.165, 1.54) is 12.1 Å². The van der Waals surface area contributed by atoms with Gasteiger partial charge in [-0.25, -0.2) is 9.18 Å². The predicted molar refractivity (Wildman–Crippen MR) is 107 cm³/mol. The zero-order valence-electron chi connectivity index (χ0n) is 17.0. The van der Waals surface area contributed by atoms with Crippen molar-refractivity contribution >= 4 is 12.0 Å². The number of amides is 2. The number of piperidine rings is 2. The highest BCUT2D eigenvalue weighted by Gasteiger charge is 2.45. The van der Waals surface area contributed by atoms with Gasteiger partial charge in [-0.1, -0.05) is 12.1 Å². The minimum absolute atomic E-state index is 0.0246. The lowest BCUT2D eigenvalue weighted by Gasteiger charge is -2.45. The van der Waals surface area contributed by atoms with E-state index in [0.717, 1.165) is 51.6 Å². The van der Waals surface area contributed by atoms with Crippen LogP contribution in [0.25, 0.3) is 0 Å². The van der Waals surface area contributed by atoms with Gasteiger partial charge >= 0.3 is 6.09 Å². The summed E-state index contributed by atoms with van der Waals surface area (Å²) in [4.78, 5) is 29.2. The third-order valence-corrected chi connectivity index (χ3v) is 6.61. The number of nitrogens with one attached hydrogen (secondary N) is 1. The van der Waals surface area contributed by atoms with Gasteiger partial charge in [-0.15, -0.1) is 0 Å². The SMILES string of the molecule is CCOC(=O)N1C2CCC1CC(N1CCCC(NC(=O)c3ccccc3F)C1)C2. The topological polar surface area (TPSA) is 61.9 Å². The van der Waals surface area contributed by atoms with Crippen LogP contribution in [0.4, 0.5) is 9.18 Å². The molecule has 3 saturated heterocycles. The van der Waals surface area contributed by atoms with Crippen LogP contribution in [-0.4, -0.2) is 65.7 Å². The molecule has 3 aliphatic rings. The fourth-order valence-corrected chi connectivity index (χ4v) is 5.31. The third-order valence-electron chi connectivity index (χ3n) is 6.61. The maximum Gasteiger partial charge on any atom is 0.410 e. The Bertz CT molecular complexity index is 745.